The summed E-state index contributed by atoms with van der Waals surface area (Å²) in [6.07, 6.45) is -3.56. The molecule has 0 unspecified atom stereocenters. The fourth-order valence-electron chi connectivity index (χ4n) is 2.01. The molecule has 0 spiro atoms. The number of carbonyl (C=O) groups is 4. The number of aldehydes is 1. The standard InChI is InChI=1S/C16H12F3NO6/c17-16(18,19)6-1-7-25-12-3-2-10(8-11(12)9-21)15(24)26-20-13(22)4-5-14(20)23/h1-3,6,8-9H,4-5,7H2/b6-1+. The van der Waals surface area contributed by atoms with Gasteiger partial charge in [0, 0.05) is 18.9 Å². The fourth-order valence-corrected chi connectivity index (χ4v) is 2.01. The summed E-state index contributed by atoms with van der Waals surface area (Å²) in [5.41, 5.74) is -0.253. The minimum Gasteiger partial charge on any atom is -0.489 e. The number of imide groups is 1. The molecule has 2 rings (SSSR count). The van der Waals surface area contributed by atoms with Crippen molar-refractivity contribution in [2.75, 3.05) is 6.61 Å². The lowest BCUT2D eigenvalue weighted by molar-refractivity contribution is -0.172. The number of benzene rings is 1. The Balaban J connectivity index is 2.06. The number of hydrogen-bond donors (Lipinski definition) is 0. The van der Waals surface area contributed by atoms with Crippen LogP contribution in [0.1, 0.15) is 33.6 Å². The second-order valence-corrected chi connectivity index (χ2v) is 5.09. The number of hydrogen-bond acceptors (Lipinski definition) is 6. The van der Waals surface area contributed by atoms with Crippen LogP contribution in [0.2, 0.25) is 0 Å². The third-order valence-electron chi connectivity index (χ3n) is 3.19. The highest BCUT2D eigenvalue weighted by atomic mass is 19.4. The molecule has 0 N–H and O–H groups in total. The Hall–Kier alpha value is -3.17. The highest BCUT2D eigenvalue weighted by molar-refractivity contribution is 6.03. The predicted octanol–water partition coefficient (Wildman–Crippen LogP) is 2.22. The van der Waals surface area contributed by atoms with Gasteiger partial charge in [0.1, 0.15) is 12.4 Å². The van der Waals surface area contributed by atoms with Gasteiger partial charge in [0.2, 0.25) is 0 Å². The molecule has 0 radical (unpaired) electrons. The molecule has 0 aromatic heterocycles. The fraction of sp³-hybridized carbons (Fsp3) is 0.250. The van der Waals surface area contributed by atoms with E-state index in [-0.39, 0.29) is 35.8 Å². The Morgan fingerprint density at radius 2 is 1.85 bits per heavy atom. The summed E-state index contributed by atoms with van der Waals surface area (Å²) in [7, 11) is 0. The maximum atomic E-state index is 12.0. The molecule has 2 amide bonds. The highest BCUT2D eigenvalue weighted by Gasteiger charge is 2.33. The van der Waals surface area contributed by atoms with E-state index in [1.165, 1.54) is 12.1 Å². The molecular weight excluding hydrogens is 359 g/mol. The first kappa shape index (κ1) is 19.2. The summed E-state index contributed by atoms with van der Waals surface area (Å²) in [6.45, 7) is -0.444. The number of halogens is 3. The number of carbonyl (C=O) groups excluding carboxylic acids is 4. The van der Waals surface area contributed by atoms with Gasteiger partial charge in [-0.3, -0.25) is 14.4 Å². The van der Waals surface area contributed by atoms with Crippen molar-refractivity contribution in [2.24, 2.45) is 0 Å². The van der Waals surface area contributed by atoms with E-state index in [1.807, 2.05) is 0 Å². The van der Waals surface area contributed by atoms with Gasteiger partial charge < -0.3 is 9.57 Å². The number of hydroxylamine groups is 2. The van der Waals surface area contributed by atoms with Gasteiger partial charge in [0.05, 0.1) is 11.1 Å². The van der Waals surface area contributed by atoms with E-state index in [0.717, 1.165) is 12.1 Å². The molecule has 138 valence electrons. The van der Waals surface area contributed by atoms with E-state index in [0.29, 0.717) is 11.3 Å². The molecule has 0 saturated carbocycles. The monoisotopic (exact) mass is 371 g/mol. The molecule has 10 heteroatoms. The number of alkyl halides is 3. The first-order valence-electron chi connectivity index (χ1n) is 7.26. The number of allylic oxidation sites excluding steroid dienone is 1. The molecule has 0 aliphatic carbocycles. The smallest absolute Gasteiger partial charge is 0.409 e. The van der Waals surface area contributed by atoms with Gasteiger partial charge in [-0.25, -0.2) is 4.79 Å². The summed E-state index contributed by atoms with van der Waals surface area (Å²) >= 11 is 0. The van der Waals surface area contributed by atoms with Crippen LogP contribution in [0, 0.1) is 0 Å². The van der Waals surface area contributed by atoms with Crippen LogP contribution < -0.4 is 4.74 Å². The van der Waals surface area contributed by atoms with E-state index in [1.54, 1.807) is 0 Å². The SMILES string of the molecule is O=Cc1cc(C(=O)ON2C(=O)CCC2=O)ccc1OC/C=C/C(F)(F)F. The van der Waals surface area contributed by atoms with E-state index in [2.05, 4.69) is 0 Å². The first-order valence-corrected chi connectivity index (χ1v) is 7.26. The number of rotatable bonds is 6. The topological polar surface area (TPSA) is 90.0 Å². The molecule has 7 nitrogen and oxygen atoms in total. The third kappa shape index (κ3) is 4.91. The summed E-state index contributed by atoms with van der Waals surface area (Å²) in [6, 6.07) is 3.45. The van der Waals surface area contributed by atoms with Crippen LogP contribution in [0.25, 0.3) is 0 Å². The Kier molecular flexibility index (Phi) is 5.75. The molecule has 1 aliphatic rings. The van der Waals surface area contributed by atoms with Gasteiger partial charge in [-0.15, -0.1) is 5.06 Å². The summed E-state index contributed by atoms with van der Waals surface area (Å²) in [5.74, 6) is -2.40. The number of ether oxygens (including phenoxy) is 1. The first-order chi connectivity index (χ1) is 12.2. The van der Waals surface area contributed by atoms with Crippen LogP contribution in [0.15, 0.2) is 30.4 Å². The summed E-state index contributed by atoms with van der Waals surface area (Å²) in [5, 5.41) is 0.356. The Labute approximate surface area is 144 Å². The van der Waals surface area contributed by atoms with Gasteiger partial charge in [-0.1, -0.05) is 0 Å². The Morgan fingerprint density at radius 3 is 2.42 bits per heavy atom. The molecule has 1 aromatic rings. The van der Waals surface area contributed by atoms with E-state index in [4.69, 9.17) is 9.57 Å². The predicted molar refractivity (Wildman–Crippen MR) is 79.0 cm³/mol. The molecule has 1 aromatic carbocycles. The lowest BCUT2D eigenvalue weighted by Gasteiger charge is -2.13. The molecule has 1 aliphatic heterocycles. The van der Waals surface area contributed by atoms with Crippen molar-refractivity contribution in [3.05, 3.63) is 41.5 Å². The average Bonchev–Trinajstić information content (AvgIpc) is 2.89. The molecule has 1 fully saturated rings. The number of amides is 2. The summed E-state index contributed by atoms with van der Waals surface area (Å²) in [4.78, 5) is 50.6. The minimum absolute atomic E-state index is 0.0105. The zero-order valence-corrected chi connectivity index (χ0v) is 13.1. The maximum absolute atomic E-state index is 12.0. The Morgan fingerprint density at radius 1 is 1.19 bits per heavy atom. The van der Waals surface area contributed by atoms with Crippen molar-refractivity contribution < 1.29 is 41.9 Å². The molecule has 0 bridgehead atoms. The van der Waals surface area contributed by atoms with Crippen LogP contribution in [-0.2, 0) is 14.4 Å². The van der Waals surface area contributed by atoms with Crippen molar-refractivity contribution >= 4 is 24.1 Å². The van der Waals surface area contributed by atoms with Crippen LogP contribution >= 0.6 is 0 Å². The summed E-state index contributed by atoms with van der Waals surface area (Å²) < 4.78 is 41.0. The van der Waals surface area contributed by atoms with Gasteiger partial charge in [0.15, 0.2) is 6.29 Å². The second-order valence-electron chi connectivity index (χ2n) is 5.09. The van der Waals surface area contributed by atoms with Crippen molar-refractivity contribution in [2.45, 2.75) is 19.0 Å². The van der Waals surface area contributed by atoms with Gasteiger partial charge >= 0.3 is 12.1 Å². The van der Waals surface area contributed by atoms with E-state index < -0.39 is 30.6 Å². The van der Waals surface area contributed by atoms with E-state index >= 15 is 0 Å². The maximum Gasteiger partial charge on any atom is 0.409 e. The van der Waals surface area contributed by atoms with Crippen LogP contribution in [0.4, 0.5) is 13.2 Å². The lowest BCUT2D eigenvalue weighted by atomic mass is 10.1. The van der Waals surface area contributed by atoms with Crippen LogP contribution in [-0.4, -0.2) is 41.9 Å². The molecule has 1 heterocycles. The van der Waals surface area contributed by atoms with Crippen molar-refractivity contribution in [3.8, 4) is 5.75 Å². The van der Waals surface area contributed by atoms with Crippen LogP contribution in [0.3, 0.4) is 0 Å². The highest BCUT2D eigenvalue weighted by Crippen LogP contribution is 2.21. The molecule has 1 saturated heterocycles. The lowest BCUT2D eigenvalue weighted by Crippen LogP contribution is -2.32. The zero-order chi connectivity index (χ0) is 19.3. The van der Waals surface area contributed by atoms with E-state index in [9.17, 15) is 32.3 Å². The zero-order valence-electron chi connectivity index (χ0n) is 13.1. The second kappa shape index (κ2) is 7.81. The quantitative estimate of drug-likeness (QED) is 0.433. The Bertz CT molecular complexity index is 756. The third-order valence-corrected chi connectivity index (χ3v) is 3.19. The van der Waals surface area contributed by atoms with Crippen LogP contribution in [0.5, 0.6) is 5.75 Å². The normalized spacial score (nSPS) is 14.8. The molecule has 26 heavy (non-hydrogen) atoms. The molecule has 0 atom stereocenters. The number of nitrogens with zero attached hydrogens (tertiary/aromatic N) is 1. The molecular formula is C16H12F3NO6. The average molecular weight is 371 g/mol. The largest absolute Gasteiger partial charge is 0.489 e. The van der Waals surface area contributed by atoms with Gasteiger partial charge in [0.25, 0.3) is 11.8 Å². The van der Waals surface area contributed by atoms with Crippen molar-refractivity contribution in [1.29, 1.82) is 0 Å². The van der Waals surface area contributed by atoms with Crippen molar-refractivity contribution in [1.82, 2.24) is 5.06 Å². The minimum atomic E-state index is -4.48. The van der Waals surface area contributed by atoms with Gasteiger partial charge in [-0.05, 0) is 24.3 Å². The van der Waals surface area contributed by atoms with Gasteiger partial charge in [-0.2, -0.15) is 13.2 Å². The van der Waals surface area contributed by atoms with Crippen molar-refractivity contribution in [3.63, 3.8) is 0 Å².